The van der Waals surface area contributed by atoms with Crippen LogP contribution in [0.2, 0.25) is 18.6 Å². The van der Waals surface area contributed by atoms with Gasteiger partial charge in [-0.15, -0.1) is 0 Å². The van der Waals surface area contributed by atoms with Gasteiger partial charge in [0.2, 0.25) is 5.91 Å². The Morgan fingerprint density at radius 1 is 1.00 bits per heavy atom. The molecule has 0 aliphatic carbocycles. The smallest absolute Gasteiger partial charge is 0.269 e. The Labute approximate surface area is 255 Å². The Bertz CT molecular complexity index is 1410. The van der Waals surface area contributed by atoms with E-state index in [4.69, 9.17) is 9.47 Å². The molecule has 0 spiro atoms. The van der Waals surface area contributed by atoms with E-state index in [0.29, 0.717) is 12.3 Å². The number of aliphatic hydroxyl groups is 1. The maximum absolute atomic E-state index is 13.5. The van der Waals surface area contributed by atoms with Crippen LogP contribution in [-0.4, -0.2) is 66.9 Å². The van der Waals surface area contributed by atoms with E-state index in [-0.39, 0.29) is 61.7 Å². The molecular formula is C34H42N2O6Si. The van der Waals surface area contributed by atoms with Gasteiger partial charge in [-0.25, -0.2) is 0 Å². The first kappa shape index (κ1) is 30.9. The second kappa shape index (κ2) is 13.4. The fraction of sp³-hybridized carbons (Fsp3) is 0.412. The third-order valence-corrected chi connectivity index (χ3v) is 11.2. The summed E-state index contributed by atoms with van der Waals surface area (Å²) in [4.78, 5) is 41.0. The zero-order valence-electron chi connectivity index (χ0n) is 25.2. The molecule has 0 saturated carbocycles. The Morgan fingerprint density at radius 2 is 1.72 bits per heavy atom. The van der Waals surface area contributed by atoms with Crippen LogP contribution in [0.3, 0.4) is 0 Å². The van der Waals surface area contributed by atoms with Crippen molar-refractivity contribution in [2.24, 2.45) is 5.92 Å². The summed E-state index contributed by atoms with van der Waals surface area (Å²) in [6.07, 6.45) is 1.13. The van der Waals surface area contributed by atoms with Crippen LogP contribution in [0.4, 0.5) is 11.4 Å². The van der Waals surface area contributed by atoms with Gasteiger partial charge in [0.1, 0.15) is 5.75 Å². The third kappa shape index (κ3) is 7.18. The summed E-state index contributed by atoms with van der Waals surface area (Å²) in [6, 6.07) is 25.3. The van der Waals surface area contributed by atoms with E-state index in [1.807, 2.05) is 85.9 Å². The quantitative estimate of drug-likeness (QED) is 0.298. The maximum atomic E-state index is 13.5. The molecule has 8 nitrogen and oxygen atoms in total. The monoisotopic (exact) mass is 602 g/mol. The van der Waals surface area contributed by atoms with Crippen LogP contribution in [-0.2, 0) is 27.3 Å². The minimum Gasteiger partial charge on any atom is -0.482 e. The fourth-order valence-corrected chi connectivity index (χ4v) is 9.28. The molecule has 43 heavy (non-hydrogen) atoms. The van der Waals surface area contributed by atoms with Crippen molar-refractivity contribution < 1.29 is 29.0 Å². The van der Waals surface area contributed by atoms with Gasteiger partial charge in [0.25, 0.3) is 5.91 Å². The minimum absolute atomic E-state index is 0.00190. The molecule has 0 bridgehead atoms. The highest BCUT2D eigenvalue weighted by Gasteiger charge is 2.50. The molecule has 1 fully saturated rings. The zero-order chi connectivity index (χ0) is 30.6. The first-order valence-electron chi connectivity index (χ1n) is 15.1. The van der Waals surface area contributed by atoms with E-state index in [1.54, 1.807) is 9.80 Å². The van der Waals surface area contributed by atoms with Gasteiger partial charge in [-0.1, -0.05) is 61.5 Å². The molecule has 2 aliphatic heterocycles. The van der Waals surface area contributed by atoms with Crippen LogP contribution in [0, 0.1) is 5.92 Å². The second-order valence-electron chi connectivity index (χ2n) is 12.2. The number of fused-ring (bicyclic) bond motifs is 1. The molecule has 1 saturated heterocycles. The topological polar surface area (TPSA) is 99.5 Å². The Kier molecular flexibility index (Phi) is 9.66. The fourth-order valence-electron chi connectivity index (χ4n) is 6.67. The number of amides is 2. The van der Waals surface area contributed by atoms with E-state index in [0.717, 1.165) is 35.3 Å². The van der Waals surface area contributed by atoms with Crippen molar-refractivity contribution >= 4 is 31.5 Å². The molecule has 0 unspecified atom stereocenters. The molecule has 0 radical (unpaired) electrons. The number of aliphatic hydroxyl groups excluding tert-OH is 1. The Hall–Kier alpha value is -3.50. The van der Waals surface area contributed by atoms with Gasteiger partial charge in [0.15, 0.2) is 14.9 Å². The molecule has 5 rings (SSSR count). The summed E-state index contributed by atoms with van der Waals surface area (Å²) in [5, 5.41) is 9.65. The lowest BCUT2D eigenvalue weighted by atomic mass is 9.95. The molecule has 4 atom stereocenters. The van der Waals surface area contributed by atoms with Crippen LogP contribution in [0.25, 0.3) is 0 Å². The van der Waals surface area contributed by atoms with Gasteiger partial charge in [0.05, 0.1) is 30.9 Å². The lowest BCUT2D eigenvalue weighted by Gasteiger charge is -2.31. The average Bonchev–Trinajstić information content (AvgIpc) is 3.31. The molecule has 3 aromatic carbocycles. The van der Waals surface area contributed by atoms with Crippen molar-refractivity contribution in [3.63, 3.8) is 0 Å². The van der Waals surface area contributed by atoms with Crippen molar-refractivity contribution in [2.75, 3.05) is 24.7 Å². The van der Waals surface area contributed by atoms with Gasteiger partial charge >= 0.3 is 0 Å². The predicted octanol–water partition coefficient (Wildman–Crippen LogP) is 5.06. The van der Waals surface area contributed by atoms with Gasteiger partial charge in [-0.3, -0.25) is 14.5 Å². The van der Waals surface area contributed by atoms with Crippen molar-refractivity contribution in [3.8, 4) is 5.75 Å². The highest BCUT2D eigenvalue weighted by atomic mass is 28.4. The van der Waals surface area contributed by atoms with Crippen LogP contribution >= 0.6 is 0 Å². The number of carbonyl (C=O) groups is 2. The predicted molar refractivity (Wildman–Crippen MR) is 169 cm³/mol. The van der Waals surface area contributed by atoms with E-state index >= 15 is 0 Å². The normalized spacial score (nSPS) is 21.8. The van der Waals surface area contributed by atoms with Crippen LogP contribution < -0.4 is 9.64 Å². The zero-order valence-corrected chi connectivity index (χ0v) is 26.2. The first-order valence-corrected chi connectivity index (χ1v) is 18.1. The van der Waals surface area contributed by atoms with Crippen LogP contribution in [0.15, 0.2) is 78.9 Å². The van der Waals surface area contributed by atoms with E-state index in [9.17, 15) is 19.5 Å². The van der Waals surface area contributed by atoms with Crippen LogP contribution in [0.5, 0.6) is 5.75 Å². The summed E-state index contributed by atoms with van der Waals surface area (Å²) in [6.45, 7) is 6.52. The molecular weight excluding hydrogens is 560 g/mol. The summed E-state index contributed by atoms with van der Waals surface area (Å²) in [5.41, 5.74) is 3.52. The SMILES string of the molecule is C[C@H]1[C@H]([Si](C)(C)O)[C@@H](CC(=O)N(CCO)Cc2ccccc2)O[C@H]1CCc1cccc(N2C(=O)COc3ccccc32)c1. The van der Waals surface area contributed by atoms with Gasteiger partial charge < -0.3 is 24.3 Å². The lowest BCUT2D eigenvalue weighted by molar-refractivity contribution is -0.135. The van der Waals surface area contributed by atoms with Crippen molar-refractivity contribution in [1.82, 2.24) is 4.90 Å². The maximum Gasteiger partial charge on any atom is 0.269 e. The number of hydrogen-bond donors (Lipinski definition) is 2. The van der Waals surface area contributed by atoms with Gasteiger partial charge in [0, 0.05) is 24.3 Å². The summed E-state index contributed by atoms with van der Waals surface area (Å²) in [5.74, 6) is 0.573. The third-order valence-electron chi connectivity index (χ3n) is 8.63. The molecule has 2 aliphatic rings. The number of hydrogen-bond acceptors (Lipinski definition) is 6. The largest absolute Gasteiger partial charge is 0.482 e. The standard InChI is InChI=1S/C34H42N2O6Si/c1-24-29(17-16-25-12-9-13-27(20-25)36-28-14-7-8-15-30(28)41-23-33(36)39)42-31(34(24)43(2,3)40)21-32(38)35(18-19-37)22-26-10-5-4-6-11-26/h4-15,20,24,29,31,34,37,40H,16-19,21-23H2,1-3H3/t24-,29+,31-,34+/m1/s1. The lowest BCUT2D eigenvalue weighted by Crippen LogP contribution is -2.42. The molecule has 2 heterocycles. The summed E-state index contributed by atoms with van der Waals surface area (Å²) in [7, 11) is -2.67. The molecule has 9 heteroatoms. The highest BCUT2D eigenvalue weighted by molar-refractivity contribution is 6.71. The number of ether oxygens (including phenoxy) is 2. The van der Waals surface area contributed by atoms with E-state index < -0.39 is 8.32 Å². The van der Waals surface area contributed by atoms with Crippen molar-refractivity contribution in [1.29, 1.82) is 0 Å². The number of anilines is 2. The molecule has 2 N–H and O–H groups in total. The minimum atomic E-state index is -2.67. The Balaban J connectivity index is 1.28. The molecule has 228 valence electrons. The van der Waals surface area contributed by atoms with Gasteiger partial charge in [-0.05, 0) is 67.2 Å². The van der Waals surface area contributed by atoms with Crippen molar-refractivity contribution in [2.45, 2.75) is 63.6 Å². The van der Waals surface area contributed by atoms with Crippen molar-refractivity contribution in [3.05, 3.63) is 90.0 Å². The number of para-hydroxylation sites is 2. The number of nitrogens with zero attached hydrogens (tertiary/aromatic N) is 2. The number of rotatable bonds is 11. The number of benzene rings is 3. The summed E-state index contributed by atoms with van der Waals surface area (Å²) < 4.78 is 12.2. The molecule has 0 aromatic heterocycles. The average molecular weight is 603 g/mol. The van der Waals surface area contributed by atoms with E-state index in [1.165, 1.54) is 0 Å². The molecule has 3 aromatic rings. The second-order valence-corrected chi connectivity index (χ2v) is 16.1. The number of aryl methyl sites for hydroxylation is 1. The highest BCUT2D eigenvalue weighted by Crippen LogP contribution is 2.46. The Morgan fingerprint density at radius 3 is 2.47 bits per heavy atom. The summed E-state index contributed by atoms with van der Waals surface area (Å²) >= 11 is 0. The van der Waals surface area contributed by atoms with E-state index in [2.05, 4.69) is 13.0 Å². The first-order chi connectivity index (χ1) is 20.7. The molecule has 2 amide bonds. The van der Waals surface area contributed by atoms with Crippen LogP contribution in [0.1, 0.15) is 30.9 Å². The number of carbonyl (C=O) groups excluding carboxylic acids is 2. The van der Waals surface area contributed by atoms with Gasteiger partial charge in [-0.2, -0.15) is 0 Å².